The zero-order chi connectivity index (χ0) is 14.7. The van der Waals surface area contributed by atoms with Gasteiger partial charge in [0.1, 0.15) is 11.7 Å². The highest BCUT2D eigenvalue weighted by molar-refractivity contribution is 7.98. The fourth-order valence-corrected chi connectivity index (χ4v) is 2.76. The Morgan fingerprint density at radius 2 is 2.25 bits per heavy atom. The van der Waals surface area contributed by atoms with E-state index in [1.165, 1.54) is 0 Å². The molecule has 0 spiro atoms. The molecule has 0 saturated carbocycles. The summed E-state index contributed by atoms with van der Waals surface area (Å²) in [5, 5.41) is 7.82. The number of hydrogen-bond donors (Lipinski definition) is 2. The van der Waals surface area contributed by atoms with Crippen molar-refractivity contribution in [3.63, 3.8) is 0 Å². The lowest BCUT2D eigenvalue weighted by molar-refractivity contribution is 0.761. The maximum Gasteiger partial charge on any atom is 0.127 e. The van der Waals surface area contributed by atoms with Crippen molar-refractivity contribution >= 4 is 23.3 Å². The first-order chi connectivity index (χ1) is 9.54. The van der Waals surface area contributed by atoms with E-state index in [1.807, 2.05) is 49.3 Å². The van der Waals surface area contributed by atoms with E-state index in [-0.39, 0.29) is 5.84 Å². The molecule has 2 rings (SSSR count). The number of nitrogens with zero attached hydrogens (tertiary/aromatic N) is 3. The van der Waals surface area contributed by atoms with E-state index in [2.05, 4.69) is 9.88 Å². The van der Waals surface area contributed by atoms with Crippen LogP contribution in [0.2, 0.25) is 0 Å². The number of amidine groups is 1. The number of aryl methyl sites for hydroxylation is 1. The Kier molecular flexibility index (Phi) is 4.34. The van der Waals surface area contributed by atoms with Crippen LogP contribution in [0.15, 0.2) is 35.5 Å². The highest BCUT2D eigenvalue weighted by Crippen LogP contribution is 2.29. The summed E-state index contributed by atoms with van der Waals surface area (Å²) in [6.07, 6.45) is 5.70. The number of nitrogen functional groups attached to an aromatic ring is 1. The van der Waals surface area contributed by atoms with Crippen LogP contribution < -0.4 is 10.6 Å². The van der Waals surface area contributed by atoms with Gasteiger partial charge in [0, 0.05) is 37.1 Å². The van der Waals surface area contributed by atoms with Crippen LogP contribution in [0, 0.1) is 5.41 Å². The molecule has 0 bridgehead atoms. The molecule has 0 aliphatic rings. The SMILES string of the molecule is CSc1cccc(N(C)Cc2nccn2C)c1C(=N)N. The van der Waals surface area contributed by atoms with Gasteiger partial charge in [-0.05, 0) is 18.4 Å². The first-order valence-corrected chi connectivity index (χ1v) is 7.45. The second-order valence-electron chi connectivity index (χ2n) is 4.58. The normalized spacial score (nSPS) is 10.6. The lowest BCUT2D eigenvalue weighted by atomic mass is 10.1. The van der Waals surface area contributed by atoms with E-state index < -0.39 is 0 Å². The summed E-state index contributed by atoms with van der Waals surface area (Å²) in [7, 11) is 3.96. The molecule has 2 aromatic rings. The molecule has 0 fully saturated rings. The number of aromatic nitrogens is 2. The molecule has 6 heteroatoms. The Morgan fingerprint density at radius 1 is 1.50 bits per heavy atom. The van der Waals surface area contributed by atoms with Gasteiger partial charge in [0.15, 0.2) is 0 Å². The maximum atomic E-state index is 7.82. The average molecular weight is 289 g/mol. The van der Waals surface area contributed by atoms with Gasteiger partial charge in [0.05, 0.1) is 12.1 Å². The Labute approximate surface area is 123 Å². The molecule has 0 radical (unpaired) electrons. The molecule has 5 nitrogen and oxygen atoms in total. The van der Waals surface area contributed by atoms with Crippen LogP contribution in [-0.2, 0) is 13.6 Å². The van der Waals surface area contributed by atoms with E-state index in [1.54, 1.807) is 18.0 Å². The van der Waals surface area contributed by atoms with Gasteiger partial charge in [-0.15, -0.1) is 11.8 Å². The van der Waals surface area contributed by atoms with Gasteiger partial charge in [-0.1, -0.05) is 6.07 Å². The lowest BCUT2D eigenvalue weighted by Crippen LogP contribution is -2.24. The fourth-order valence-electron chi connectivity index (χ4n) is 2.12. The molecule has 0 unspecified atom stereocenters. The summed E-state index contributed by atoms with van der Waals surface area (Å²) in [5.41, 5.74) is 7.49. The lowest BCUT2D eigenvalue weighted by Gasteiger charge is -2.23. The van der Waals surface area contributed by atoms with E-state index in [9.17, 15) is 0 Å². The van der Waals surface area contributed by atoms with E-state index in [0.717, 1.165) is 22.0 Å². The zero-order valence-corrected chi connectivity index (χ0v) is 12.7. The second kappa shape index (κ2) is 6.00. The van der Waals surface area contributed by atoms with Crippen molar-refractivity contribution in [2.45, 2.75) is 11.4 Å². The Hall–Kier alpha value is -1.95. The van der Waals surface area contributed by atoms with E-state index in [0.29, 0.717) is 6.54 Å². The van der Waals surface area contributed by atoms with Crippen molar-refractivity contribution in [1.29, 1.82) is 5.41 Å². The predicted molar refractivity (Wildman–Crippen MR) is 84.6 cm³/mol. The number of hydrogen-bond acceptors (Lipinski definition) is 4. The van der Waals surface area contributed by atoms with Crippen LogP contribution in [0.25, 0.3) is 0 Å². The molecule has 1 aromatic heterocycles. The topological polar surface area (TPSA) is 70.9 Å². The predicted octanol–water partition coefficient (Wildman–Crippen LogP) is 2.06. The monoisotopic (exact) mass is 289 g/mol. The molecule has 0 saturated heterocycles. The van der Waals surface area contributed by atoms with Gasteiger partial charge in [-0.25, -0.2) is 4.98 Å². The summed E-state index contributed by atoms with van der Waals surface area (Å²) in [4.78, 5) is 7.41. The van der Waals surface area contributed by atoms with Crippen LogP contribution in [-0.4, -0.2) is 28.7 Å². The van der Waals surface area contributed by atoms with Crippen molar-refractivity contribution in [3.05, 3.63) is 42.0 Å². The molecule has 20 heavy (non-hydrogen) atoms. The van der Waals surface area contributed by atoms with Crippen LogP contribution in [0.1, 0.15) is 11.4 Å². The highest BCUT2D eigenvalue weighted by Gasteiger charge is 2.15. The van der Waals surface area contributed by atoms with Crippen LogP contribution in [0.4, 0.5) is 5.69 Å². The van der Waals surface area contributed by atoms with Crippen LogP contribution >= 0.6 is 11.8 Å². The molecule has 3 N–H and O–H groups in total. The summed E-state index contributed by atoms with van der Waals surface area (Å²) in [6, 6.07) is 5.96. The minimum absolute atomic E-state index is 0.0941. The zero-order valence-electron chi connectivity index (χ0n) is 11.9. The van der Waals surface area contributed by atoms with Crippen molar-refractivity contribution in [2.75, 3.05) is 18.2 Å². The maximum absolute atomic E-state index is 7.82. The van der Waals surface area contributed by atoms with Crippen molar-refractivity contribution in [1.82, 2.24) is 9.55 Å². The Bertz CT molecular complexity index is 620. The third-order valence-corrected chi connectivity index (χ3v) is 3.98. The largest absolute Gasteiger partial charge is 0.384 e. The number of thioether (sulfide) groups is 1. The Morgan fingerprint density at radius 3 is 2.80 bits per heavy atom. The molecule has 106 valence electrons. The van der Waals surface area contributed by atoms with E-state index in [4.69, 9.17) is 11.1 Å². The molecular formula is C14H19N5S. The van der Waals surface area contributed by atoms with Gasteiger partial charge in [-0.2, -0.15) is 0 Å². The highest BCUT2D eigenvalue weighted by atomic mass is 32.2. The number of nitrogens with two attached hydrogens (primary N) is 1. The molecule has 0 aliphatic carbocycles. The van der Waals surface area contributed by atoms with Gasteiger partial charge in [0.2, 0.25) is 0 Å². The second-order valence-corrected chi connectivity index (χ2v) is 5.43. The van der Waals surface area contributed by atoms with Crippen molar-refractivity contribution in [2.24, 2.45) is 12.8 Å². The molecular weight excluding hydrogens is 270 g/mol. The summed E-state index contributed by atoms with van der Waals surface area (Å²) in [6.45, 7) is 0.668. The number of imidazole rings is 1. The van der Waals surface area contributed by atoms with Gasteiger partial charge in [0.25, 0.3) is 0 Å². The van der Waals surface area contributed by atoms with Crippen LogP contribution in [0.3, 0.4) is 0 Å². The number of rotatable bonds is 5. The quantitative estimate of drug-likeness (QED) is 0.502. The summed E-state index contributed by atoms with van der Waals surface area (Å²) >= 11 is 1.60. The van der Waals surface area contributed by atoms with Crippen LogP contribution in [0.5, 0.6) is 0 Å². The summed E-state index contributed by atoms with van der Waals surface area (Å²) < 4.78 is 1.99. The first-order valence-electron chi connectivity index (χ1n) is 6.23. The molecule has 0 aliphatic heterocycles. The van der Waals surface area contributed by atoms with Crippen molar-refractivity contribution < 1.29 is 0 Å². The van der Waals surface area contributed by atoms with E-state index >= 15 is 0 Å². The molecule has 1 heterocycles. The minimum atomic E-state index is 0.0941. The average Bonchev–Trinajstić information content (AvgIpc) is 2.83. The molecule has 0 amide bonds. The molecule has 1 aromatic carbocycles. The standard InChI is InChI=1S/C14H19N5S/c1-18-8-7-17-12(18)9-19(2)10-5-4-6-11(20-3)13(10)14(15)16/h4-8H,9H2,1-3H3,(H3,15,16). The number of anilines is 1. The molecule has 0 atom stereocenters. The van der Waals surface area contributed by atoms with Crippen molar-refractivity contribution in [3.8, 4) is 0 Å². The van der Waals surface area contributed by atoms with Gasteiger partial charge < -0.3 is 15.2 Å². The van der Waals surface area contributed by atoms with Gasteiger partial charge in [-0.3, -0.25) is 5.41 Å². The third-order valence-electron chi connectivity index (χ3n) is 3.20. The summed E-state index contributed by atoms with van der Waals surface area (Å²) in [5.74, 6) is 1.06. The smallest absolute Gasteiger partial charge is 0.127 e. The number of nitrogens with one attached hydrogen (secondary N) is 1. The minimum Gasteiger partial charge on any atom is -0.384 e. The first kappa shape index (κ1) is 14.5. The Balaban J connectivity index is 2.37. The third kappa shape index (κ3) is 2.80. The van der Waals surface area contributed by atoms with Gasteiger partial charge >= 0.3 is 0 Å². The number of benzene rings is 1. The fraction of sp³-hybridized carbons (Fsp3) is 0.286.